The Bertz CT molecular complexity index is 791. The van der Waals surface area contributed by atoms with E-state index >= 15 is 0 Å². The van der Waals surface area contributed by atoms with Gasteiger partial charge in [-0.1, -0.05) is 18.2 Å². The number of benzene rings is 2. The van der Waals surface area contributed by atoms with Crippen LogP contribution in [0.4, 0.5) is 0 Å². The first kappa shape index (κ1) is 18.4. The Morgan fingerprint density at radius 1 is 1.11 bits per heavy atom. The fourth-order valence-electron chi connectivity index (χ4n) is 4.63. The number of ether oxygens (including phenoxy) is 2. The molecule has 3 nitrogen and oxygen atoms in total. The summed E-state index contributed by atoms with van der Waals surface area (Å²) in [5, 5.41) is 0. The number of methoxy groups -OCH3 is 1. The Balaban J connectivity index is 1.37. The summed E-state index contributed by atoms with van der Waals surface area (Å²) in [6.07, 6.45) is 4.69. The fraction of sp³-hybridized carbons (Fsp3) is 0.500. The van der Waals surface area contributed by atoms with Gasteiger partial charge in [0.1, 0.15) is 23.6 Å². The van der Waals surface area contributed by atoms with Crippen LogP contribution in [0.2, 0.25) is 0 Å². The summed E-state index contributed by atoms with van der Waals surface area (Å²) >= 11 is 0. The van der Waals surface area contributed by atoms with E-state index in [0.717, 1.165) is 30.9 Å². The van der Waals surface area contributed by atoms with Gasteiger partial charge in [-0.05, 0) is 68.0 Å². The molecule has 0 aromatic heterocycles. The van der Waals surface area contributed by atoms with Crippen molar-refractivity contribution in [1.29, 1.82) is 0 Å². The summed E-state index contributed by atoms with van der Waals surface area (Å²) in [6, 6.07) is 15.3. The second kappa shape index (κ2) is 7.55. The van der Waals surface area contributed by atoms with E-state index in [0.29, 0.717) is 5.92 Å². The Morgan fingerprint density at radius 3 is 2.67 bits per heavy atom. The predicted molar refractivity (Wildman–Crippen MR) is 109 cm³/mol. The number of rotatable bonds is 4. The molecule has 0 amide bonds. The maximum Gasteiger partial charge on any atom is 0.123 e. The molecular weight excluding hydrogens is 334 g/mol. The van der Waals surface area contributed by atoms with Crippen LogP contribution in [0.3, 0.4) is 0 Å². The van der Waals surface area contributed by atoms with Gasteiger partial charge in [-0.25, -0.2) is 0 Å². The number of hydrogen-bond donors (Lipinski definition) is 1. The second-order valence-electron chi connectivity index (χ2n) is 8.75. The van der Waals surface area contributed by atoms with Crippen LogP contribution < -0.4 is 14.4 Å². The average Bonchev–Trinajstić information content (AvgIpc) is 2.68. The van der Waals surface area contributed by atoms with Gasteiger partial charge in [-0.3, -0.25) is 0 Å². The summed E-state index contributed by atoms with van der Waals surface area (Å²) in [4.78, 5) is 1.69. The number of para-hydroxylation sites is 1. The van der Waals surface area contributed by atoms with Gasteiger partial charge in [-0.15, -0.1) is 0 Å². The lowest BCUT2D eigenvalue weighted by Gasteiger charge is -2.33. The molecule has 0 unspecified atom stereocenters. The first-order chi connectivity index (χ1) is 13.0. The van der Waals surface area contributed by atoms with E-state index in [1.54, 1.807) is 12.0 Å². The average molecular weight is 367 g/mol. The van der Waals surface area contributed by atoms with Crippen molar-refractivity contribution in [2.24, 2.45) is 0 Å². The quantitative estimate of drug-likeness (QED) is 0.890. The zero-order valence-electron chi connectivity index (χ0n) is 16.9. The van der Waals surface area contributed by atoms with Crippen LogP contribution in [-0.2, 0) is 13.0 Å². The third-order valence-corrected chi connectivity index (χ3v) is 6.23. The molecule has 27 heavy (non-hydrogen) atoms. The van der Waals surface area contributed by atoms with Crippen molar-refractivity contribution in [3.63, 3.8) is 0 Å². The highest BCUT2D eigenvalue weighted by Crippen LogP contribution is 2.34. The second-order valence-corrected chi connectivity index (χ2v) is 8.75. The van der Waals surface area contributed by atoms with Gasteiger partial charge in [0, 0.05) is 18.4 Å². The summed E-state index contributed by atoms with van der Waals surface area (Å²) in [5.41, 5.74) is 4.19. The number of quaternary nitrogens is 1. The molecule has 4 rings (SSSR count). The predicted octanol–water partition coefficient (Wildman–Crippen LogP) is 3.76. The first-order valence-corrected chi connectivity index (χ1v) is 10.3. The summed E-state index contributed by atoms with van der Waals surface area (Å²) in [6.45, 7) is 7.93. The molecule has 2 aromatic carbocycles. The highest BCUT2D eigenvalue weighted by molar-refractivity contribution is 5.39. The molecule has 0 radical (unpaired) electrons. The van der Waals surface area contributed by atoms with Gasteiger partial charge in [0.15, 0.2) is 0 Å². The molecule has 1 saturated heterocycles. The zero-order chi connectivity index (χ0) is 18.9. The molecule has 0 spiro atoms. The van der Waals surface area contributed by atoms with Crippen LogP contribution in [0.5, 0.6) is 11.5 Å². The van der Waals surface area contributed by atoms with Crippen molar-refractivity contribution in [3.8, 4) is 11.5 Å². The maximum absolute atomic E-state index is 6.13. The maximum atomic E-state index is 6.13. The molecule has 2 aliphatic heterocycles. The van der Waals surface area contributed by atoms with Crippen LogP contribution in [-0.4, -0.2) is 25.8 Å². The van der Waals surface area contributed by atoms with Crippen molar-refractivity contribution in [2.45, 2.75) is 57.6 Å². The smallest absolute Gasteiger partial charge is 0.123 e. The molecular formula is C24H32NO2+. The molecule has 144 valence electrons. The summed E-state index contributed by atoms with van der Waals surface area (Å²) in [7, 11) is 1.78. The lowest BCUT2D eigenvalue weighted by molar-refractivity contribution is -0.919. The van der Waals surface area contributed by atoms with E-state index in [-0.39, 0.29) is 5.60 Å². The van der Waals surface area contributed by atoms with Crippen LogP contribution in [0.25, 0.3) is 0 Å². The third kappa shape index (κ3) is 4.14. The molecule has 2 heterocycles. The molecule has 0 saturated carbocycles. The molecule has 0 atom stereocenters. The summed E-state index contributed by atoms with van der Waals surface area (Å²) in [5.74, 6) is 2.76. The van der Waals surface area contributed by atoms with Gasteiger partial charge >= 0.3 is 0 Å². The summed E-state index contributed by atoms with van der Waals surface area (Å²) < 4.78 is 11.7. The van der Waals surface area contributed by atoms with E-state index in [1.165, 1.54) is 42.6 Å². The number of hydrogen-bond acceptors (Lipinski definition) is 2. The highest BCUT2D eigenvalue weighted by Gasteiger charge is 2.28. The van der Waals surface area contributed by atoms with Crippen LogP contribution in [0.1, 0.15) is 55.7 Å². The lowest BCUT2D eigenvalue weighted by Crippen LogP contribution is -3.11. The monoisotopic (exact) mass is 366 g/mol. The minimum atomic E-state index is -0.0276. The van der Waals surface area contributed by atoms with E-state index in [9.17, 15) is 0 Å². The first-order valence-electron chi connectivity index (χ1n) is 10.3. The molecule has 0 aliphatic carbocycles. The van der Waals surface area contributed by atoms with Gasteiger partial charge in [0.2, 0.25) is 0 Å². The molecule has 2 aliphatic rings. The fourth-order valence-corrected chi connectivity index (χ4v) is 4.63. The highest BCUT2D eigenvalue weighted by atomic mass is 16.5. The van der Waals surface area contributed by atoms with Crippen LogP contribution in [0.15, 0.2) is 42.5 Å². The normalized spacial score (nSPS) is 24.0. The van der Waals surface area contributed by atoms with E-state index in [1.807, 2.05) is 0 Å². The van der Waals surface area contributed by atoms with E-state index < -0.39 is 0 Å². The Hall–Kier alpha value is -2.00. The number of nitrogens with one attached hydrogen (secondary N) is 1. The van der Waals surface area contributed by atoms with Gasteiger partial charge in [0.05, 0.1) is 20.2 Å². The van der Waals surface area contributed by atoms with Crippen molar-refractivity contribution >= 4 is 0 Å². The standard InChI is InChI=1S/C24H31NO2/c1-24(2)13-10-20-16-18(8-9-22(20)27-24)17-25-14-11-19(12-15-25)21-6-4-5-7-23(21)26-3/h4-9,16,19H,10-15,17H2,1-3H3/p+1. The number of fused-ring (bicyclic) bond motifs is 1. The van der Waals surface area contributed by atoms with Crippen molar-refractivity contribution in [3.05, 3.63) is 59.2 Å². The number of aryl methyl sites for hydroxylation is 1. The van der Waals surface area contributed by atoms with Gasteiger partial charge in [0.25, 0.3) is 0 Å². The Kier molecular flexibility index (Phi) is 5.14. The topological polar surface area (TPSA) is 22.9 Å². The Morgan fingerprint density at radius 2 is 1.89 bits per heavy atom. The van der Waals surface area contributed by atoms with Crippen molar-refractivity contribution in [1.82, 2.24) is 0 Å². The Labute approximate surface area is 163 Å². The SMILES string of the molecule is COc1ccccc1C1CC[NH+](Cc2ccc3c(c2)CCC(C)(C)O3)CC1. The van der Waals surface area contributed by atoms with Gasteiger partial charge in [-0.2, -0.15) is 0 Å². The number of piperidine rings is 1. The van der Waals surface area contributed by atoms with Gasteiger partial charge < -0.3 is 14.4 Å². The molecule has 0 bridgehead atoms. The van der Waals surface area contributed by atoms with Crippen LogP contribution >= 0.6 is 0 Å². The lowest BCUT2D eigenvalue weighted by atomic mass is 9.88. The van der Waals surface area contributed by atoms with E-state index in [2.05, 4.69) is 56.3 Å². The number of likely N-dealkylation sites (tertiary alicyclic amines) is 1. The molecule has 1 N–H and O–H groups in total. The zero-order valence-corrected chi connectivity index (χ0v) is 16.9. The van der Waals surface area contributed by atoms with Crippen LogP contribution in [0, 0.1) is 0 Å². The molecule has 3 heteroatoms. The van der Waals surface area contributed by atoms with Crippen molar-refractivity contribution in [2.75, 3.05) is 20.2 Å². The van der Waals surface area contributed by atoms with E-state index in [4.69, 9.17) is 9.47 Å². The minimum absolute atomic E-state index is 0.0276. The van der Waals surface area contributed by atoms with Crippen molar-refractivity contribution < 1.29 is 14.4 Å². The molecule has 1 fully saturated rings. The third-order valence-electron chi connectivity index (χ3n) is 6.23. The minimum Gasteiger partial charge on any atom is -0.496 e. The molecule has 2 aromatic rings. The largest absolute Gasteiger partial charge is 0.496 e.